The van der Waals surface area contributed by atoms with Gasteiger partial charge in [-0.25, -0.2) is 0 Å². The van der Waals surface area contributed by atoms with E-state index in [9.17, 15) is 0 Å². The number of nitrogens with two attached hydrogens (primary N) is 1. The summed E-state index contributed by atoms with van der Waals surface area (Å²) in [5.74, 6) is 1.16. The van der Waals surface area contributed by atoms with Crippen LogP contribution < -0.4 is 5.73 Å². The van der Waals surface area contributed by atoms with Gasteiger partial charge in [0.05, 0.1) is 6.04 Å². The molecule has 5 heteroatoms. The molecule has 1 aliphatic carbocycles. The maximum Gasteiger partial charge on any atom is 0.243 e. The maximum absolute atomic E-state index is 5.81. The highest BCUT2D eigenvalue weighted by Gasteiger charge is 2.43. The quantitative estimate of drug-likeness (QED) is 0.817. The second-order valence-corrected chi connectivity index (χ2v) is 4.02. The van der Waals surface area contributed by atoms with Crippen LogP contribution in [0.4, 0.5) is 0 Å². The van der Waals surface area contributed by atoms with Crippen molar-refractivity contribution >= 4 is 0 Å². The molecule has 1 aromatic rings. The Morgan fingerprint density at radius 3 is 2.80 bits per heavy atom. The molecular formula is C10H17N3O2. The lowest BCUT2D eigenvalue weighted by Crippen LogP contribution is -2.37. The van der Waals surface area contributed by atoms with Gasteiger partial charge >= 0.3 is 0 Å². The first kappa shape index (κ1) is 10.6. The number of methoxy groups -OCH3 is 1. The van der Waals surface area contributed by atoms with Gasteiger partial charge in [-0.15, -0.1) is 0 Å². The van der Waals surface area contributed by atoms with Crippen molar-refractivity contribution in [1.29, 1.82) is 0 Å². The molecule has 0 spiro atoms. The highest BCUT2D eigenvalue weighted by Crippen LogP contribution is 2.42. The topological polar surface area (TPSA) is 74.2 Å². The number of rotatable bonds is 4. The number of ether oxygens (including phenoxy) is 1. The van der Waals surface area contributed by atoms with Crippen molar-refractivity contribution in [3.05, 3.63) is 11.7 Å². The van der Waals surface area contributed by atoms with Crippen molar-refractivity contribution in [2.75, 3.05) is 7.11 Å². The summed E-state index contributed by atoms with van der Waals surface area (Å²) in [6, 6.07) is -0.166. The van der Waals surface area contributed by atoms with E-state index < -0.39 is 0 Å². The molecule has 0 aromatic carbocycles. The van der Waals surface area contributed by atoms with Crippen molar-refractivity contribution in [1.82, 2.24) is 10.1 Å². The van der Waals surface area contributed by atoms with E-state index in [0.29, 0.717) is 11.7 Å². The summed E-state index contributed by atoms with van der Waals surface area (Å²) in [5, 5.41) is 3.96. The van der Waals surface area contributed by atoms with Gasteiger partial charge in [0.15, 0.2) is 0 Å². The molecular weight excluding hydrogens is 194 g/mol. The van der Waals surface area contributed by atoms with Crippen molar-refractivity contribution < 1.29 is 9.26 Å². The third-order valence-corrected chi connectivity index (χ3v) is 3.16. The Morgan fingerprint density at radius 1 is 1.60 bits per heavy atom. The lowest BCUT2D eigenvalue weighted by molar-refractivity contribution is -0.0858. The van der Waals surface area contributed by atoms with Gasteiger partial charge < -0.3 is 15.0 Å². The van der Waals surface area contributed by atoms with Crippen LogP contribution in [0.5, 0.6) is 0 Å². The third kappa shape index (κ3) is 1.66. The number of nitrogens with zero attached hydrogens (tertiary/aromatic N) is 2. The summed E-state index contributed by atoms with van der Waals surface area (Å²) in [5.41, 5.74) is 5.50. The van der Waals surface area contributed by atoms with Crippen molar-refractivity contribution in [3.63, 3.8) is 0 Å². The summed E-state index contributed by atoms with van der Waals surface area (Å²) in [6.45, 7) is 1.99. The average molecular weight is 211 g/mol. The minimum absolute atomic E-state index is 0.166. The molecule has 5 nitrogen and oxygen atoms in total. The molecule has 1 aromatic heterocycles. The molecule has 1 aliphatic rings. The zero-order chi connectivity index (χ0) is 10.9. The zero-order valence-electron chi connectivity index (χ0n) is 9.19. The Kier molecular flexibility index (Phi) is 2.75. The highest BCUT2D eigenvalue weighted by molar-refractivity contribution is 5.07. The minimum Gasteiger partial charge on any atom is -0.370 e. The molecule has 0 aliphatic heterocycles. The molecule has 1 saturated carbocycles. The SMILES string of the molecule is CC[C@@H](N)c1nc(C2(OC)CCC2)no1. The molecule has 1 atom stereocenters. The first-order chi connectivity index (χ1) is 7.22. The Balaban J connectivity index is 2.19. The van der Waals surface area contributed by atoms with E-state index in [4.69, 9.17) is 15.0 Å². The smallest absolute Gasteiger partial charge is 0.243 e. The average Bonchev–Trinajstić information content (AvgIpc) is 2.65. The van der Waals surface area contributed by atoms with Gasteiger partial charge in [-0.1, -0.05) is 12.1 Å². The van der Waals surface area contributed by atoms with Crippen molar-refractivity contribution in [2.45, 2.75) is 44.2 Å². The van der Waals surface area contributed by atoms with Gasteiger partial charge in [-0.3, -0.25) is 0 Å². The lowest BCUT2D eigenvalue weighted by atomic mass is 9.79. The molecule has 0 bridgehead atoms. The Morgan fingerprint density at radius 2 is 2.33 bits per heavy atom. The fraction of sp³-hybridized carbons (Fsp3) is 0.800. The predicted molar refractivity (Wildman–Crippen MR) is 54.1 cm³/mol. The summed E-state index contributed by atoms with van der Waals surface area (Å²) in [4.78, 5) is 4.32. The molecule has 2 N–H and O–H groups in total. The highest BCUT2D eigenvalue weighted by atomic mass is 16.5. The normalized spacial score (nSPS) is 21.0. The fourth-order valence-corrected chi connectivity index (χ4v) is 1.76. The molecule has 0 saturated heterocycles. The van der Waals surface area contributed by atoms with Crippen LogP contribution in [0.3, 0.4) is 0 Å². The van der Waals surface area contributed by atoms with Crippen LogP contribution in [-0.2, 0) is 10.3 Å². The molecule has 1 heterocycles. The van der Waals surface area contributed by atoms with E-state index in [1.54, 1.807) is 7.11 Å². The van der Waals surface area contributed by atoms with Crippen LogP contribution in [0, 0.1) is 0 Å². The molecule has 0 amide bonds. The van der Waals surface area contributed by atoms with Crippen molar-refractivity contribution in [3.8, 4) is 0 Å². The van der Waals surface area contributed by atoms with E-state index in [1.807, 2.05) is 6.92 Å². The van der Waals surface area contributed by atoms with E-state index in [2.05, 4.69) is 10.1 Å². The van der Waals surface area contributed by atoms with Gasteiger partial charge in [0, 0.05) is 7.11 Å². The molecule has 0 radical (unpaired) electrons. The monoisotopic (exact) mass is 211 g/mol. The van der Waals surface area contributed by atoms with Crippen LogP contribution in [0.15, 0.2) is 4.52 Å². The lowest BCUT2D eigenvalue weighted by Gasteiger charge is -2.37. The first-order valence-electron chi connectivity index (χ1n) is 5.36. The van der Waals surface area contributed by atoms with E-state index in [0.717, 1.165) is 25.7 Å². The van der Waals surface area contributed by atoms with Crippen LogP contribution in [0.2, 0.25) is 0 Å². The Hall–Kier alpha value is -0.940. The standard InChI is InChI=1S/C10H17N3O2/c1-3-7(11)8-12-9(13-15-8)10(14-2)5-4-6-10/h7H,3-6,11H2,1-2H3/t7-/m1/s1. The van der Waals surface area contributed by atoms with Gasteiger partial charge in [0.25, 0.3) is 0 Å². The number of hydrogen-bond acceptors (Lipinski definition) is 5. The first-order valence-corrected chi connectivity index (χ1v) is 5.36. The van der Waals surface area contributed by atoms with Gasteiger partial charge in [0.1, 0.15) is 5.60 Å². The predicted octanol–water partition coefficient (Wildman–Crippen LogP) is 1.51. The Bertz CT molecular complexity index is 328. The zero-order valence-corrected chi connectivity index (χ0v) is 9.19. The number of hydrogen-bond donors (Lipinski definition) is 1. The van der Waals surface area contributed by atoms with E-state index in [-0.39, 0.29) is 11.6 Å². The maximum atomic E-state index is 5.81. The molecule has 1 fully saturated rings. The minimum atomic E-state index is -0.310. The van der Waals surface area contributed by atoms with Gasteiger partial charge in [-0.05, 0) is 25.7 Å². The van der Waals surface area contributed by atoms with Crippen LogP contribution in [0.25, 0.3) is 0 Å². The van der Waals surface area contributed by atoms with E-state index >= 15 is 0 Å². The van der Waals surface area contributed by atoms with Crippen LogP contribution in [0.1, 0.15) is 50.4 Å². The van der Waals surface area contributed by atoms with E-state index in [1.165, 1.54) is 0 Å². The molecule has 15 heavy (non-hydrogen) atoms. The van der Waals surface area contributed by atoms with Crippen molar-refractivity contribution in [2.24, 2.45) is 5.73 Å². The second-order valence-electron chi connectivity index (χ2n) is 4.02. The second kappa shape index (κ2) is 3.90. The summed E-state index contributed by atoms with van der Waals surface area (Å²) in [7, 11) is 1.69. The molecule has 84 valence electrons. The molecule has 0 unspecified atom stereocenters. The largest absolute Gasteiger partial charge is 0.370 e. The van der Waals surface area contributed by atoms with Gasteiger partial charge in [-0.2, -0.15) is 4.98 Å². The number of aromatic nitrogens is 2. The van der Waals surface area contributed by atoms with Gasteiger partial charge in [0.2, 0.25) is 11.7 Å². The molecule has 2 rings (SSSR count). The Labute approximate surface area is 89.0 Å². The summed E-state index contributed by atoms with van der Waals surface area (Å²) >= 11 is 0. The fourth-order valence-electron chi connectivity index (χ4n) is 1.76. The third-order valence-electron chi connectivity index (χ3n) is 3.16. The summed E-state index contributed by atoms with van der Waals surface area (Å²) in [6.07, 6.45) is 3.87. The van der Waals surface area contributed by atoms with Crippen LogP contribution >= 0.6 is 0 Å². The summed E-state index contributed by atoms with van der Waals surface area (Å²) < 4.78 is 10.6. The van der Waals surface area contributed by atoms with Crippen LogP contribution in [-0.4, -0.2) is 17.3 Å².